The van der Waals surface area contributed by atoms with Gasteiger partial charge in [-0.05, 0) is 46.5 Å². The predicted molar refractivity (Wildman–Crippen MR) is 105 cm³/mol. The van der Waals surface area contributed by atoms with Crippen LogP contribution in [-0.4, -0.2) is 24.1 Å². The minimum atomic E-state index is -0.471. The number of rotatable bonds is 11. The SMILES string of the molecule is CCCCCCCCCCOC(=O)C1CCCC(C(=O)OC(C)(C)C)C1. The van der Waals surface area contributed by atoms with Gasteiger partial charge in [0.25, 0.3) is 0 Å². The molecule has 0 N–H and O–H groups in total. The lowest BCUT2D eigenvalue weighted by Crippen LogP contribution is -2.33. The Balaban J connectivity index is 2.17. The monoisotopic (exact) mass is 368 g/mol. The van der Waals surface area contributed by atoms with E-state index in [2.05, 4.69) is 6.92 Å². The Morgan fingerprint density at radius 3 is 1.96 bits per heavy atom. The largest absolute Gasteiger partial charge is 0.465 e. The van der Waals surface area contributed by atoms with Gasteiger partial charge in [0.1, 0.15) is 5.60 Å². The standard InChI is InChI=1S/C22H40O4/c1-5-6-7-8-9-10-11-12-16-25-20(23)18-14-13-15-19(17-18)21(24)26-22(2,3)4/h18-19H,5-17H2,1-4H3. The minimum absolute atomic E-state index is 0.124. The molecule has 152 valence electrons. The van der Waals surface area contributed by atoms with E-state index in [1.165, 1.54) is 38.5 Å². The third-order valence-electron chi connectivity index (χ3n) is 4.99. The van der Waals surface area contributed by atoms with Crippen LogP contribution in [0, 0.1) is 11.8 Å². The van der Waals surface area contributed by atoms with Crippen molar-refractivity contribution in [2.24, 2.45) is 11.8 Å². The first-order chi connectivity index (χ1) is 12.3. The Labute approximate surface area is 160 Å². The zero-order valence-electron chi connectivity index (χ0n) is 17.5. The van der Waals surface area contributed by atoms with Crippen LogP contribution >= 0.6 is 0 Å². The summed E-state index contributed by atoms with van der Waals surface area (Å²) in [5.74, 6) is -0.599. The van der Waals surface area contributed by atoms with Gasteiger partial charge in [-0.15, -0.1) is 0 Å². The van der Waals surface area contributed by atoms with E-state index in [1.54, 1.807) is 0 Å². The van der Waals surface area contributed by atoms with Crippen LogP contribution in [0.25, 0.3) is 0 Å². The predicted octanol–water partition coefficient (Wildman–Crippen LogP) is 5.82. The van der Waals surface area contributed by atoms with E-state index in [0.29, 0.717) is 13.0 Å². The number of hydrogen-bond donors (Lipinski definition) is 0. The van der Waals surface area contributed by atoms with Gasteiger partial charge in [0, 0.05) is 0 Å². The summed E-state index contributed by atoms with van der Waals surface area (Å²) in [6.45, 7) is 8.38. The van der Waals surface area contributed by atoms with Crippen molar-refractivity contribution in [3.05, 3.63) is 0 Å². The molecule has 0 aromatic heterocycles. The molecule has 1 rings (SSSR count). The summed E-state index contributed by atoms with van der Waals surface area (Å²) < 4.78 is 10.9. The van der Waals surface area contributed by atoms with Crippen molar-refractivity contribution < 1.29 is 19.1 Å². The van der Waals surface area contributed by atoms with Gasteiger partial charge in [-0.2, -0.15) is 0 Å². The average molecular weight is 369 g/mol. The van der Waals surface area contributed by atoms with E-state index in [0.717, 1.165) is 32.1 Å². The fraction of sp³-hybridized carbons (Fsp3) is 0.909. The maximum atomic E-state index is 12.3. The number of hydrogen-bond acceptors (Lipinski definition) is 4. The van der Waals surface area contributed by atoms with E-state index in [4.69, 9.17) is 9.47 Å². The normalized spacial score (nSPS) is 20.6. The van der Waals surface area contributed by atoms with Crippen molar-refractivity contribution in [3.63, 3.8) is 0 Å². The number of carbonyl (C=O) groups excluding carboxylic acids is 2. The van der Waals surface area contributed by atoms with Crippen LogP contribution in [0.15, 0.2) is 0 Å². The lowest BCUT2D eigenvalue weighted by molar-refractivity contribution is -0.163. The first-order valence-corrected chi connectivity index (χ1v) is 10.7. The molecule has 0 aliphatic heterocycles. The van der Waals surface area contributed by atoms with E-state index in [9.17, 15) is 9.59 Å². The molecule has 0 aromatic rings. The summed E-state index contributed by atoms with van der Waals surface area (Å²) in [4.78, 5) is 24.5. The van der Waals surface area contributed by atoms with E-state index in [1.807, 2.05) is 20.8 Å². The molecule has 0 aromatic carbocycles. The molecule has 1 fully saturated rings. The Kier molecular flexibility index (Phi) is 10.9. The van der Waals surface area contributed by atoms with Crippen LogP contribution in [0.2, 0.25) is 0 Å². The van der Waals surface area contributed by atoms with Gasteiger partial charge in [-0.25, -0.2) is 0 Å². The van der Waals surface area contributed by atoms with Gasteiger partial charge < -0.3 is 9.47 Å². The van der Waals surface area contributed by atoms with Crippen LogP contribution < -0.4 is 0 Å². The number of unbranched alkanes of at least 4 members (excludes halogenated alkanes) is 7. The molecular weight excluding hydrogens is 328 g/mol. The topological polar surface area (TPSA) is 52.6 Å². The number of ether oxygens (including phenoxy) is 2. The fourth-order valence-electron chi connectivity index (χ4n) is 3.53. The van der Waals surface area contributed by atoms with Crippen LogP contribution in [-0.2, 0) is 19.1 Å². The highest BCUT2D eigenvalue weighted by atomic mass is 16.6. The Morgan fingerprint density at radius 1 is 0.846 bits per heavy atom. The molecular formula is C22H40O4. The number of esters is 2. The zero-order chi connectivity index (χ0) is 19.4. The van der Waals surface area contributed by atoms with Crippen molar-refractivity contribution in [1.29, 1.82) is 0 Å². The zero-order valence-corrected chi connectivity index (χ0v) is 17.5. The summed E-state index contributed by atoms with van der Waals surface area (Å²) in [6.07, 6.45) is 13.0. The molecule has 2 unspecified atom stereocenters. The highest BCUT2D eigenvalue weighted by molar-refractivity contribution is 5.76. The van der Waals surface area contributed by atoms with Crippen LogP contribution in [0.3, 0.4) is 0 Å². The van der Waals surface area contributed by atoms with Gasteiger partial charge in [-0.1, -0.05) is 58.3 Å². The first kappa shape index (κ1) is 23.0. The molecule has 0 radical (unpaired) electrons. The van der Waals surface area contributed by atoms with Crippen molar-refractivity contribution in [2.75, 3.05) is 6.61 Å². The molecule has 0 bridgehead atoms. The molecule has 4 heteroatoms. The van der Waals surface area contributed by atoms with Crippen LogP contribution in [0.5, 0.6) is 0 Å². The van der Waals surface area contributed by atoms with Crippen LogP contribution in [0.4, 0.5) is 0 Å². The van der Waals surface area contributed by atoms with Crippen molar-refractivity contribution in [2.45, 2.75) is 110 Å². The quantitative estimate of drug-likeness (QED) is 0.341. The molecule has 1 saturated carbocycles. The van der Waals surface area contributed by atoms with Crippen molar-refractivity contribution in [1.82, 2.24) is 0 Å². The molecule has 0 heterocycles. The molecule has 1 aliphatic carbocycles. The second kappa shape index (κ2) is 12.3. The molecule has 1 aliphatic rings. The summed E-state index contributed by atoms with van der Waals surface area (Å²) in [7, 11) is 0. The van der Waals surface area contributed by atoms with Crippen molar-refractivity contribution >= 4 is 11.9 Å². The highest BCUT2D eigenvalue weighted by Gasteiger charge is 2.34. The smallest absolute Gasteiger partial charge is 0.309 e. The first-order valence-electron chi connectivity index (χ1n) is 10.7. The second-order valence-electron chi connectivity index (χ2n) is 8.74. The Bertz CT molecular complexity index is 411. The van der Waals surface area contributed by atoms with E-state index in [-0.39, 0.29) is 23.8 Å². The fourth-order valence-corrected chi connectivity index (χ4v) is 3.53. The van der Waals surface area contributed by atoms with E-state index < -0.39 is 5.60 Å². The summed E-state index contributed by atoms with van der Waals surface area (Å²) >= 11 is 0. The minimum Gasteiger partial charge on any atom is -0.465 e. The molecule has 26 heavy (non-hydrogen) atoms. The van der Waals surface area contributed by atoms with Crippen LogP contribution in [0.1, 0.15) is 105 Å². The van der Waals surface area contributed by atoms with Crippen molar-refractivity contribution in [3.8, 4) is 0 Å². The Morgan fingerprint density at radius 2 is 1.38 bits per heavy atom. The third-order valence-corrected chi connectivity index (χ3v) is 4.99. The highest BCUT2D eigenvalue weighted by Crippen LogP contribution is 2.31. The van der Waals surface area contributed by atoms with E-state index >= 15 is 0 Å². The third kappa shape index (κ3) is 10.2. The maximum absolute atomic E-state index is 12.3. The van der Waals surface area contributed by atoms with Gasteiger partial charge in [-0.3, -0.25) is 9.59 Å². The molecule has 4 nitrogen and oxygen atoms in total. The Hall–Kier alpha value is -1.06. The molecule has 0 saturated heterocycles. The lowest BCUT2D eigenvalue weighted by atomic mass is 9.81. The summed E-state index contributed by atoms with van der Waals surface area (Å²) in [6, 6.07) is 0. The molecule has 2 atom stereocenters. The van der Waals surface area contributed by atoms with Gasteiger partial charge >= 0.3 is 11.9 Å². The average Bonchev–Trinajstić information content (AvgIpc) is 2.59. The van der Waals surface area contributed by atoms with Gasteiger partial charge in [0.2, 0.25) is 0 Å². The maximum Gasteiger partial charge on any atom is 0.309 e. The summed E-state index contributed by atoms with van der Waals surface area (Å²) in [5.41, 5.74) is -0.471. The second-order valence-corrected chi connectivity index (χ2v) is 8.74. The molecule has 0 amide bonds. The van der Waals surface area contributed by atoms with Gasteiger partial charge in [0.05, 0.1) is 18.4 Å². The lowest BCUT2D eigenvalue weighted by Gasteiger charge is -2.29. The summed E-state index contributed by atoms with van der Waals surface area (Å²) in [5, 5.41) is 0. The van der Waals surface area contributed by atoms with Gasteiger partial charge in [0.15, 0.2) is 0 Å². The molecule has 0 spiro atoms. The number of carbonyl (C=O) groups is 2.